The molecule has 21 heavy (non-hydrogen) atoms. The smallest absolute Gasteiger partial charge is 0.185 e. The summed E-state index contributed by atoms with van der Waals surface area (Å²) in [5.74, 6) is 0.647. The minimum atomic E-state index is 0.510. The molecule has 122 valence electrons. The van der Waals surface area contributed by atoms with Crippen LogP contribution in [0.3, 0.4) is 0 Å². The van der Waals surface area contributed by atoms with Crippen molar-refractivity contribution in [2.45, 2.75) is 47.2 Å². The second-order valence-electron chi connectivity index (χ2n) is 6.68. The minimum Gasteiger partial charge on any atom is -0.347 e. The molecule has 0 bridgehead atoms. The summed E-state index contributed by atoms with van der Waals surface area (Å²) in [5.41, 5.74) is 1.17. The van der Waals surface area contributed by atoms with Gasteiger partial charge >= 0.3 is 0 Å². The summed E-state index contributed by atoms with van der Waals surface area (Å²) in [6, 6.07) is 0.510. The molecule has 0 aliphatic heterocycles. The predicted molar refractivity (Wildman–Crippen MR) is 94.4 cm³/mol. The molecule has 0 aromatic carbocycles. The van der Waals surface area contributed by atoms with Gasteiger partial charge in [0, 0.05) is 37.1 Å². The van der Waals surface area contributed by atoms with Crippen LogP contribution in [-0.2, 0) is 6.54 Å². The van der Waals surface area contributed by atoms with Crippen LogP contribution >= 0.6 is 11.3 Å². The lowest BCUT2D eigenvalue weighted by molar-refractivity contribution is 0.409. The summed E-state index contributed by atoms with van der Waals surface area (Å²) in [5, 5.41) is 4.66. The zero-order valence-electron chi connectivity index (χ0n) is 14.7. The molecule has 0 saturated heterocycles. The Kier molecular flexibility index (Phi) is 7.63. The van der Waals surface area contributed by atoms with Crippen LogP contribution in [0.15, 0.2) is 0 Å². The zero-order chi connectivity index (χ0) is 16.0. The maximum Gasteiger partial charge on any atom is 0.185 e. The van der Waals surface area contributed by atoms with E-state index in [1.807, 2.05) is 11.3 Å². The first-order chi connectivity index (χ1) is 9.79. The van der Waals surface area contributed by atoms with Crippen LogP contribution < -0.4 is 10.2 Å². The highest BCUT2D eigenvalue weighted by molar-refractivity contribution is 7.15. The van der Waals surface area contributed by atoms with Gasteiger partial charge in [-0.1, -0.05) is 27.7 Å². The lowest BCUT2D eigenvalue weighted by Gasteiger charge is -2.25. The normalized spacial score (nSPS) is 11.9. The Morgan fingerprint density at radius 1 is 1.14 bits per heavy atom. The highest BCUT2D eigenvalue weighted by Gasteiger charge is 2.15. The van der Waals surface area contributed by atoms with Crippen molar-refractivity contribution in [3.05, 3.63) is 10.6 Å². The third kappa shape index (κ3) is 6.76. The van der Waals surface area contributed by atoms with E-state index in [0.717, 1.165) is 26.2 Å². The largest absolute Gasteiger partial charge is 0.347 e. The molecule has 1 heterocycles. The molecule has 0 atom stereocenters. The van der Waals surface area contributed by atoms with Crippen molar-refractivity contribution in [3.8, 4) is 0 Å². The van der Waals surface area contributed by atoms with Gasteiger partial charge in [-0.25, -0.2) is 4.98 Å². The molecule has 0 fully saturated rings. The summed E-state index contributed by atoms with van der Waals surface area (Å²) in [4.78, 5) is 10.8. The molecular weight excluding hydrogens is 280 g/mol. The van der Waals surface area contributed by atoms with Crippen LogP contribution in [0.5, 0.6) is 0 Å². The average molecular weight is 313 g/mol. The first-order valence-electron chi connectivity index (χ1n) is 7.89. The van der Waals surface area contributed by atoms with Gasteiger partial charge in [0.25, 0.3) is 0 Å². The summed E-state index contributed by atoms with van der Waals surface area (Å²) in [6.07, 6.45) is 0. The van der Waals surface area contributed by atoms with Gasteiger partial charge in [-0.3, -0.25) is 0 Å². The minimum absolute atomic E-state index is 0.510. The molecule has 0 unspecified atom stereocenters. The van der Waals surface area contributed by atoms with Crippen LogP contribution in [0.4, 0.5) is 5.13 Å². The molecule has 0 aliphatic rings. The fourth-order valence-electron chi connectivity index (χ4n) is 2.04. The molecule has 0 saturated carbocycles. The zero-order valence-corrected chi connectivity index (χ0v) is 15.5. The average Bonchev–Trinajstić information content (AvgIpc) is 2.72. The monoisotopic (exact) mass is 312 g/mol. The number of thiazole rings is 1. The lowest BCUT2D eigenvalue weighted by Crippen LogP contribution is -2.34. The van der Waals surface area contributed by atoms with E-state index in [9.17, 15) is 0 Å². The highest BCUT2D eigenvalue weighted by Crippen LogP contribution is 2.26. The van der Waals surface area contributed by atoms with Gasteiger partial charge in [-0.05, 0) is 26.9 Å². The molecule has 1 aromatic heterocycles. The van der Waals surface area contributed by atoms with Gasteiger partial charge in [0.2, 0.25) is 0 Å². The second kappa shape index (κ2) is 8.71. The number of aryl methyl sites for hydroxylation is 1. The van der Waals surface area contributed by atoms with Gasteiger partial charge in [-0.15, -0.1) is 11.3 Å². The first-order valence-corrected chi connectivity index (χ1v) is 8.70. The van der Waals surface area contributed by atoms with Crippen molar-refractivity contribution in [2.75, 3.05) is 38.6 Å². The quantitative estimate of drug-likeness (QED) is 0.759. The van der Waals surface area contributed by atoms with Crippen LogP contribution in [0.1, 0.15) is 38.3 Å². The van der Waals surface area contributed by atoms with Gasteiger partial charge in [0.1, 0.15) is 0 Å². The van der Waals surface area contributed by atoms with E-state index >= 15 is 0 Å². The third-order valence-corrected chi connectivity index (χ3v) is 4.44. The van der Waals surface area contributed by atoms with Crippen LogP contribution in [0.2, 0.25) is 0 Å². The van der Waals surface area contributed by atoms with Crippen molar-refractivity contribution in [2.24, 2.45) is 5.92 Å². The second-order valence-corrected chi connectivity index (χ2v) is 7.75. The van der Waals surface area contributed by atoms with Crippen LogP contribution in [0, 0.1) is 12.8 Å². The van der Waals surface area contributed by atoms with Crippen molar-refractivity contribution in [3.63, 3.8) is 0 Å². The molecule has 4 nitrogen and oxygen atoms in total. The van der Waals surface area contributed by atoms with Crippen LogP contribution in [-0.4, -0.2) is 49.7 Å². The van der Waals surface area contributed by atoms with E-state index in [-0.39, 0.29) is 0 Å². The van der Waals surface area contributed by atoms with Gasteiger partial charge < -0.3 is 15.1 Å². The summed E-state index contributed by atoms with van der Waals surface area (Å²) in [6.45, 7) is 15.1. The Labute approximate surface area is 134 Å². The fraction of sp³-hybridized carbons (Fsp3) is 0.812. The van der Waals surface area contributed by atoms with E-state index in [1.54, 1.807) is 0 Å². The number of likely N-dealkylation sites (N-methyl/N-ethyl adjacent to an activating group) is 1. The molecule has 0 aliphatic carbocycles. The predicted octanol–water partition coefficient (Wildman–Crippen LogP) is 2.97. The Balaban J connectivity index is 2.78. The van der Waals surface area contributed by atoms with E-state index < -0.39 is 0 Å². The van der Waals surface area contributed by atoms with E-state index in [1.165, 1.54) is 15.7 Å². The maximum atomic E-state index is 4.81. The third-order valence-electron chi connectivity index (χ3n) is 3.23. The molecule has 1 N–H and O–H groups in total. The first kappa shape index (κ1) is 18.4. The standard InChI is InChI=1S/C16H32N4S/c1-12(2)11-20(9-8-19(6)7)16-18-14(5)15(21-16)10-17-13(3)4/h12-13,17H,8-11H2,1-7H3. The number of aromatic nitrogens is 1. The highest BCUT2D eigenvalue weighted by atomic mass is 32.1. The lowest BCUT2D eigenvalue weighted by atomic mass is 10.2. The number of hydrogen-bond donors (Lipinski definition) is 1. The van der Waals surface area contributed by atoms with Gasteiger partial charge in [0.05, 0.1) is 5.69 Å². The van der Waals surface area contributed by atoms with E-state index in [0.29, 0.717) is 12.0 Å². The van der Waals surface area contributed by atoms with Crippen LogP contribution in [0.25, 0.3) is 0 Å². The van der Waals surface area contributed by atoms with Crippen molar-refractivity contribution >= 4 is 16.5 Å². The fourth-order valence-corrected chi connectivity index (χ4v) is 3.08. The van der Waals surface area contributed by atoms with E-state index in [2.05, 4.69) is 63.8 Å². The topological polar surface area (TPSA) is 31.4 Å². The van der Waals surface area contributed by atoms with Crippen molar-refractivity contribution in [1.29, 1.82) is 0 Å². The molecule has 0 spiro atoms. The molecule has 1 rings (SSSR count). The van der Waals surface area contributed by atoms with Crippen molar-refractivity contribution < 1.29 is 0 Å². The number of anilines is 1. The molecule has 0 radical (unpaired) electrons. The summed E-state index contributed by atoms with van der Waals surface area (Å²) in [7, 11) is 4.25. The van der Waals surface area contributed by atoms with E-state index in [4.69, 9.17) is 4.98 Å². The summed E-state index contributed by atoms with van der Waals surface area (Å²) >= 11 is 1.84. The molecule has 0 amide bonds. The summed E-state index contributed by atoms with van der Waals surface area (Å²) < 4.78 is 0. The Bertz CT molecular complexity index is 412. The van der Waals surface area contributed by atoms with Gasteiger partial charge in [0.15, 0.2) is 5.13 Å². The Morgan fingerprint density at radius 3 is 2.33 bits per heavy atom. The SMILES string of the molecule is Cc1nc(N(CCN(C)C)CC(C)C)sc1CNC(C)C. The molecule has 5 heteroatoms. The number of nitrogens with zero attached hydrogens (tertiary/aromatic N) is 3. The number of rotatable bonds is 9. The van der Waals surface area contributed by atoms with Gasteiger partial charge in [-0.2, -0.15) is 0 Å². The van der Waals surface area contributed by atoms with Crippen molar-refractivity contribution in [1.82, 2.24) is 15.2 Å². The Hall–Kier alpha value is -0.650. The Morgan fingerprint density at radius 2 is 1.81 bits per heavy atom. The number of nitrogens with one attached hydrogen (secondary N) is 1. The maximum absolute atomic E-state index is 4.81. The molecule has 1 aromatic rings. The number of hydrogen-bond acceptors (Lipinski definition) is 5. The molecular formula is C16H32N4S.